The van der Waals surface area contributed by atoms with Crippen LogP contribution in [0.15, 0.2) is 48.5 Å². The van der Waals surface area contributed by atoms with Crippen molar-refractivity contribution in [2.45, 2.75) is 43.7 Å². The summed E-state index contributed by atoms with van der Waals surface area (Å²) >= 11 is 0. The summed E-state index contributed by atoms with van der Waals surface area (Å²) in [5.74, 6) is 0.345. The fourth-order valence-electron chi connectivity index (χ4n) is 5.21. The Morgan fingerprint density at radius 3 is 2.07 bits per heavy atom. The quantitative estimate of drug-likeness (QED) is 0.815. The Kier molecular flexibility index (Phi) is 4.39. The number of benzene rings is 2. The highest BCUT2D eigenvalue weighted by Crippen LogP contribution is 2.46. The van der Waals surface area contributed by atoms with E-state index in [-0.39, 0.29) is 22.9 Å². The molecule has 2 aromatic rings. The zero-order valence-electron chi connectivity index (χ0n) is 16.9. The Morgan fingerprint density at radius 1 is 0.966 bits per heavy atom. The molecule has 1 atom stereocenters. The van der Waals surface area contributed by atoms with Gasteiger partial charge in [-0.1, -0.05) is 36.4 Å². The van der Waals surface area contributed by atoms with Gasteiger partial charge in [-0.05, 0) is 80.4 Å². The molecule has 2 N–H and O–H groups in total. The molecule has 4 fully saturated rings. The Bertz CT molecular complexity index is 899. The molecule has 1 saturated carbocycles. The number of hydrogen-bond donors (Lipinski definition) is 2. The van der Waals surface area contributed by atoms with Gasteiger partial charge in [0.25, 0.3) is 0 Å². The molecule has 4 nitrogen and oxygen atoms in total. The first-order valence-electron chi connectivity index (χ1n) is 10.7. The third-order valence-corrected chi connectivity index (χ3v) is 7.16. The van der Waals surface area contributed by atoms with Crippen LogP contribution in [0.25, 0.3) is 11.1 Å². The SMILES string of the molecule is C[C@@]1(NC(=O)NC2(c3ccc(-c4ccc(F)cc4)cc3)CC2)CN2CCC1CC2. The second kappa shape index (κ2) is 6.84. The molecule has 2 amide bonds. The van der Waals surface area contributed by atoms with Crippen molar-refractivity contribution in [2.75, 3.05) is 19.6 Å². The van der Waals surface area contributed by atoms with Crippen LogP contribution in [-0.4, -0.2) is 36.1 Å². The Balaban J connectivity index is 1.26. The van der Waals surface area contributed by atoms with Crippen LogP contribution in [0.4, 0.5) is 9.18 Å². The van der Waals surface area contributed by atoms with Gasteiger partial charge in [-0.3, -0.25) is 0 Å². The summed E-state index contributed by atoms with van der Waals surface area (Å²) in [5, 5.41) is 6.57. The van der Waals surface area contributed by atoms with Gasteiger partial charge in [0.15, 0.2) is 0 Å². The average Bonchev–Trinajstić information content (AvgIpc) is 3.49. The summed E-state index contributed by atoms with van der Waals surface area (Å²) in [5.41, 5.74) is 2.79. The molecule has 5 heteroatoms. The number of fused-ring (bicyclic) bond motifs is 3. The molecule has 3 heterocycles. The van der Waals surface area contributed by atoms with Gasteiger partial charge in [0.05, 0.1) is 11.1 Å². The molecule has 4 aliphatic rings. The van der Waals surface area contributed by atoms with Gasteiger partial charge >= 0.3 is 6.03 Å². The molecular weight excluding hydrogens is 365 g/mol. The average molecular weight is 394 g/mol. The topological polar surface area (TPSA) is 44.4 Å². The predicted molar refractivity (Wildman–Crippen MR) is 112 cm³/mol. The second-order valence-corrected chi connectivity index (χ2v) is 9.21. The molecule has 2 aromatic carbocycles. The van der Waals surface area contributed by atoms with Crippen molar-refractivity contribution >= 4 is 6.03 Å². The van der Waals surface area contributed by atoms with Crippen LogP contribution < -0.4 is 10.6 Å². The van der Waals surface area contributed by atoms with E-state index in [2.05, 4.69) is 46.7 Å². The van der Waals surface area contributed by atoms with Gasteiger partial charge < -0.3 is 15.5 Å². The van der Waals surface area contributed by atoms with E-state index in [1.165, 1.54) is 25.0 Å². The maximum Gasteiger partial charge on any atom is 0.315 e. The van der Waals surface area contributed by atoms with Crippen LogP contribution >= 0.6 is 0 Å². The number of nitrogens with zero attached hydrogens (tertiary/aromatic N) is 1. The van der Waals surface area contributed by atoms with Crippen molar-refractivity contribution in [2.24, 2.45) is 5.92 Å². The van der Waals surface area contributed by atoms with E-state index < -0.39 is 0 Å². The van der Waals surface area contributed by atoms with Crippen LogP contribution in [0.5, 0.6) is 0 Å². The number of carbonyl (C=O) groups excluding carboxylic acids is 1. The number of piperidine rings is 3. The third kappa shape index (κ3) is 3.52. The van der Waals surface area contributed by atoms with E-state index in [9.17, 15) is 9.18 Å². The van der Waals surface area contributed by atoms with Crippen LogP contribution in [0.3, 0.4) is 0 Å². The van der Waals surface area contributed by atoms with Crippen molar-refractivity contribution in [1.29, 1.82) is 0 Å². The van der Waals surface area contributed by atoms with E-state index in [4.69, 9.17) is 0 Å². The van der Waals surface area contributed by atoms with Gasteiger partial charge in [0, 0.05) is 6.54 Å². The van der Waals surface area contributed by atoms with E-state index in [0.29, 0.717) is 5.92 Å². The molecular formula is C24H28FN3O. The number of urea groups is 1. The number of carbonyl (C=O) groups is 1. The summed E-state index contributed by atoms with van der Waals surface area (Å²) in [4.78, 5) is 15.3. The van der Waals surface area contributed by atoms with E-state index in [1.54, 1.807) is 12.1 Å². The fraction of sp³-hybridized carbons (Fsp3) is 0.458. The van der Waals surface area contributed by atoms with Crippen molar-refractivity contribution in [3.8, 4) is 11.1 Å². The summed E-state index contributed by atoms with van der Waals surface area (Å²) in [6, 6.07) is 14.8. The Hall–Kier alpha value is -2.40. The highest BCUT2D eigenvalue weighted by atomic mass is 19.1. The lowest BCUT2D eigenvalue weighted by atomic mass is 9.74. The van der Waals surface area contributed by atoms with Crippen molar-refractivity contribution in [3.05, 3.63) is 59.9 Å². The molecule has 0 aromatic heterocycles. The molecule has 29 heavy (non-hydrogen) atoms. The molecule has 152 valence electrons. The summed E-state index contributed by atoms with van der Waals surface area (Å²) in [6.45, 7) is 5.46. The van der Waals surface area contributed by atoms with Gasteiger partial charge in [-0.2, -0.15) is 0 Å². The fourth-order valence-corrected chi connectivity index (χ4v) is 5.21. The van der Waals surface area contributed by atoms with Gasteiger partial charge in [0.2, 0.25) is 0 Å². The molecule has 3 aliphatic heterocycles. The maximum atomic E-state index is 13.1. The minimum Gasteiger partial charge on any atom is -0.331 e. The van der Waals surface area contributed by atoms with Crippen molar-refractivity contribution in [3.63, 3.8) is 0 Å². The highest BCUT2D eigenvalue weighted by Gasteiger charge is 2.48. The zero-order chi connectivity index (χ0) is 20.1. The second-order valence-electron chi connectivity index (χ2n) is 9.21. The van der Waals surface area contributed by atoms with Crippen molar-refractivity contribution in [1.82, 2.24) is 15.5 Å². The zero-order valence-corrected chi connectivity index (χ0v) is 16.9. The molecule has 2 bridgehead atoms. The summed E-state index contributed by atoms with van der Waals surface area (Å²) in [7, 11) is 0. The Morgan fingerprint density at radius 2 is 1.55 bits per heavy atom. The van der Waals surface area contributed by atoms with E-state index >= 15 is 0 Å². The first-order chi connectivity index (χ1) is 14.0. The maximum absolute atomic E-state index is 13.1. The normalized spacial score (nSPS) is 29.3. The molecule has 0 spiro atoms. The summed E-state index contributed by atoms with van der Waals surface area (Å²) < 4.78 is 13.1. The smallest absolute Gasteiger partial charge is 0.315 e. The predicted octanol–water partition coefficient (Wildman–Crippen LogP) is 4.27. The number of halogens is 1. The number of rotatable bonds is 4. The molecule has 6 rings (SSSR count). The van der Waals surface area contributed by atoms with Gasteiger partial charge in [-0.15, -0.1) is 0 Å². The molecule has 0 radical (unpaired) electrons. The largest absolute Gasteiger partial charge is 0.331 e. The lowest BCUT2D eigenvalue weighted by Crippen LogP contribution is -2.66. The third-order valence-electron chi connectivity index (χ3n) is 7.16. The van der Waals surface area contributed by atoms with E-state index in [1.807, 2.05) is 0 Å². The first kappa shape index (κ1) is 18.6. The van der Waals surface area contributed by atoms with Crippen LogP contribution in [0.2, 0.25) is 0 Å². The minimum atomic E-state index is -0.254. The minimum absolute atomic E-state index is 0.0543. The Labute approximate surface area is 171 Å². The highest BCUT2D eigenvalue weighted by molar-refractivity contribution is 5.77. The lowest BCUT2D eigenvalue weighted by Gasteiger charge is -2.52. The van der Waals surface area contributed by atoms with Crippen LogP contribution in [0, 0.1) is 11.7 Å². The number of hydrogen-bond acceptors (Lipinski definition) is 2. The standard InChI is InChI=1S/C24H28FN3O/c1-23(16-28-14-10-19(23)11-15-28)26-22(29)27-24(12-13-24)20-6-2-17(3-7-20)18-4-8-21(25)9-5-18/h2-9,19H,10-16H2,1H3,(H2,26,27,29)/t23-/m1/s1. The van der Waals surface area contributed by atoms with E-state index in [0.717, 1.165) is 49.2 Å². The monoisotopic (exact) mass is 393 g/mol. The van der Waals surface area contributed by atoms with Crippen molar-refractivity contribution < 1.29 is 9.18 Å². The lowest BCUT2D eigenvalue weighted by molar-refractivity contribution is 0.0226. The van der Waals surface area contributed by atoms with Crippen LogP contribution in [-0.2, 0) is 5.54 Å². The first-order valence-corrected chi connectivity index (χ1v) is 10.7. The van der Waals surface area contributed by atoms with Gasteiger partial charge in [-0.25, -0.2) is 9.18 Å². The van der Waals surface area contributed by atoms with Crippen LogP contribution in [0.1, 0.15) is 38.2 Å². The molecule has 0 unspecified atom stereocenters. The molecule has 3 saturated heterocycles. The summed E-state index contributed by atoms with van der Waals surface area (Å²) in [6.07, 6.45) is 4.27. The number of amides is 2. The molecule has 1 aliphatic carbocycles. The van der Waals surface area contributed by atoms with Gasteiger partial charge in [0.1, 0.15) is 5.82 Å². The number of nitrogens with one attached hydrogen (secondary N) is 2.